The Bertz CT molecular complexity index is 389. The van der Waals surface area contributed by atoms with Gasteiger partial charge in [-0.1, -0.05) is 13.8 Å². The van der Waals surface area contributed by atoms with Gasteiger partial charge in [-0.15, -0.1) is 11.3 Å². The van der Waals surface area contributed by atoms with Crippen molar-refractivity contribution >= 4 is 16.5 Å². The van der Waals surface area contributed by atoms with E-state index in [2.05, 4.69) is 48.4 Å². The molecule has 1 aromatic heterocycles. The Balaban J connectivity index is 1.94. The van der Waals surface area contributed by atoms with E-state index in [1.165, 1.54) is 23.7 Å². The summed E-state index contributed by atoms with van der Waals surface area (Å²) >= 11 is 1.78. The Morgan fingerprint density at radius 3 is 3.00 bits per heavy atom. The third-order valence-corrected chi connectivity index (χ3v) is 4.58. The van der Waals surface area contributed by atoms with Crippen molar-refractivity contribution in [1.29, 1.82) is 0 Å². The molecule has 1 saturated heterocycles. The van der Waals surface area contributed by atoms with Gasteiger partial charge in [-0.3, -0.25) is 0 Å². The average molecular weight is 282 g/mol. The van der Waals surface area contributed by atoms with Gasteiger partial charge in [0.2, 0.25) is 0 Å². The van der Waals surface area contributed by atoms with Gasteiger partial charge >= 0.3 is 0 Å². The Hall–Kier alpha value is -0.650. The van der Waals surface area contributed by atoms with Crippen LogP contribution >= 0.6 is 11.3 Å². The maximum absolute atomic E-state index is 4.76. The van der Waals surface area contributed by atoms with E-state index in [4.69, 9.17) is 4.98 Å². The first kappa shape index (κ1) is 14.8. The van der Waals surface area contributed by atoms with Gasteiger partial charge in [0.1, 0.15) is 0 Å². The predicted molar refractivity (Wildman–Crippen MR) is 83.0 cm³/mol. The normalized spacial score (nSPS) is 20.5. The quantitative estimate of drug-likeness (QED) is 0.897. The molecule has 1 N–H and O–H groups in total. The number of anilines is 1. The summed E-state index contributed by atoms with van der Waals surface area (Å²) in [6.45, 7) is 7.46. The molecule has 0 aliphatic carbocycles. The lowest BCUT2D eigenvalue weighted by Gasteiger charge is -2.35. The van der Waals surface area contributed by atoms with Crippen LogP contribution in [0.3, 0.4) is 0 Å². The molecule has 1 aliphatic heterocycles. The minimum absolute atomic E-state index is 0.512. The zero-order valence-electron chi connectivity index (χ0n) is 12.5. The van der Waals surface area contributed by atoms with Crippen LogP contribution in [0.4, 0.5) is 5.13 Å². The molecule has 108 valence electrons. The van der Waals surface area contributed by atoms with Crippen molar-refractivity contribution in [3.05, 3.63) is 11.1 Å². The van der Waals surface area contributed by atoms with E-state index >= 15 is 0 Å². The first-order valence-electron chi connectivity index (χ1n) is 7.15. The molecule has 0 radical (unpaired) electrons. The van der Waals surface area contributed by atoms with E-state index in [1.807, 2.05) is 0 Å². The van der Waals surface area contributed by atoms with Crippen molar-refractivity contribution < 1.29 is 0 Å². The molecule has 19 heavy (non-hydrogen) atoms. The summed E-state index contributed by atoms with van der Waals surface area (Å²) in [6.07, 6.45) is 2.57. The van der Waals surface area contributed by atoms with Crippen molar-refractivity contribution in [2.45, 2.75) is 45.3 Å². The molecule has 5 heteroatoms. The molecule has 1 fully saturated rings. The fourth-order valence-corrected chi connectivity index (χ4v) is 3.24. The number of likely N-dealkylation sites (N-methyl/N-ethyl adjacent to an activating group) is 1. The van der Waals surface area contributed by atoms with Gasteiger partial charge in [0, 0.05) is 37.1 Å². The molecule has 1 unspecified atom stereocenters. The molecule has 2 rings (SSSR count). The minimum Gasteiger partial charge on any atom is -0.347 e. The van der Waals surface area contributed by atoms with Crippen molar-refractivity contribution in [3.63, 3.8) is 0 Å². The molecule has 2 heterocycles. The van der Waals surface area contributed by atoms with Crippen LogP contribution in [0.1, 0.15) is 32.4 Å². The lowest BCUT2D eigenvalue weighted by Crippen LogP contribution is -2.45. The Labute approximate surface area is 120 Å². The first-order chi connectivity index (χ1) is 9.06. The molecule has 1 aromatic rings. The molecule has 1 aliphatic rings. The maximum atomic E-state index is 4.76. The monoisotopic (exact) mass is 282 g/mol. The van der Waals surface area contributed by atoms with Gasteiger partial charge in [0.15, 0.2) is 5.13 Å². The number of thiazole rings is 1. The number of piperidine rings is 1. The molecule has 0 aromatic carbocycles. The van der Waals surface area contributed by atoms with Gasteiger partial charge in [-0.25, -0.2) is 4.98 Å². The van der Waals surface area contributed by atoms with Gasteiger partial charge in [0.25, 0.3) is 0 Å². The zero-order chi connectivity index (χ0) is 13.8. The summed E-state index contributed by atoms with van der Waals surface area (Å²) in [4.78, 5) is 9.54. The molecular formula is C14H26N4S. The minimum atomic E-state index is 0.512. The second-order valence-corrected chi connectivity index (χ2v) is 6.70. The predicted octanol–water partition coefficient (Wildman–Crippen LogP) is 2.17. The fraction of sp³-hybridized carbons (Fsp3) is 0.786. The third kappa shape index (κ3) is 4.16. The summed E-state index contributed by atoms with van der Waals surface area (Å²) in [7, 11) is 4.35. The first-order valence-corrected chi connectivity index (χ1v) is 8.03. The highest BCUT2D eigenvalue weighted by Gasteiger charge is 2.23. The highest BCUT2D eigenvalue weighted by molar-refractivity contribution is 7.13. The average Bonchev–Trinajstić information content (AvgIpc) is 2.85. The number of aromatic nitrogens is 1. The Morgan fingerprint density at radius 2 is 2.32 bits per heavy atom. The van der Waals surface area contributed by atoms with Crippen molar-refractivity contribution in [1.82, 2.24) is 15.2 Å². The maximum Gasteiger partial charge on any atom is 0.185 e. The molecule has 1 atom stereocenters. The second kappa shape index (κ2) is 6.68. The van der Waals surface area contributed by atoms with Crippen LogP contribution in [0, 0.1) is 0 Å². The lowest BCUT2D eigenvalue weighted by molar-refractivity contribution is 0.258. The molecule has 0 saturated carbocycles. The number of nitrogens with zero attached hydrogens (tertiary/aromatic N) is 3. The lowest BCUT2D eigenvalue weighted by atomic mass is 10.1. The summed E-state index contributed by atoms with van der Waals surface area (Å²) in [6, 6.07) is 1.17. The zero-order valence-corrected chi connectivity index (χ0v) is 13.3. The Kier molecular flexibility index (Phi) is 5.19. The summed E-state index contributed by atoms with van der Waals surface area (Å²) in [5.41, 5.74) is 1.17. The molecule has 0 bridgehead atoms. The van der Waals surface area contributed by atoms with Crippen LogP contribution < -0.4 is 10.2 Å². The van der Waals surface area contributed by atoms with Gasteiger partial charge in [0.05, 0.1) is 5.69 Å². The third-order valence-electron chi connectivity index (χ3n) is 3.63. The fourth-order valence-electron chi connectivity index (χ4n) is 2.38. The van der Waals surface area contributed by atoms with Crippen molar-refractivity contribution in [2.24, 2.45) is 0 Å². The van der Waals surface area contributed by atoms with Crippen LogP contribution in [0.2, 0.25) is 0 Å². The summed E-state index contributed by atoms with van der Waals surface area (Å²) < 4.78 is 0. The number of rotatable bonds is 5. The van der Waals surface area contributed by atoms with Crippen LogP contribution in [0.5, 0.6) is 0 Å². The topological polar surface area (TPSA) is 31.4 Å². The smallest absolute Gasteiger partial charge is 0.185 e. The molecule has 4 nitrogen and oxygen atoms in total. The van der Waals surface area contributed by atoms with Gasteiger partial charge in [-0.05, 0) is 26.9 Å². The second-order valence-electron chi connectivity index (χ2n) is 5.86. The van der Waals surface area contributed by atoms with E-state index in [0.717, 1.165) is 19.6 Å². The van der Waals surface area contributed by atoms with E-state index in [-0.39, 0.29) is 0 Å². The highest BCUT2D eigenvalue weighted by Crippen LogP contribution is 2.25. The largest absolute Gasteiger partial charge is 0.347 e. The van der Waals surface area contributed by atoms with E-state index < -0.39 is 0 Å². The standard InChI is InChI=1S/C14H26N4S/c1-11(2)15-8-12-10-19-14(16-12)18-7-5-6-13(9-18)17(3)4/h10-11,13,15H,5-9H2,1-4H3. The molecular weight excluding hydrogens is 256 g/mol. The van der Waals surface area contributed by atoms with Crippen molar-refractivity contribution in [3.8, 4) is 0 Å². The Morgan fingerprint density at radius 1 is 1.53 bits per heavy atom. The van der Waals surface area contributed by atoms with E-state index in [1.54, 1.807) is 11.3 Å². The SMILES string of the molecule is CC(C)NCc1csc(N2CCCC(N(C)C)C2)n1. The summed E-state index contributed by atoms with van der Waals surface area (Å²) in [5, 5.41) is 6.79. The number of hydrogen-bond donors (Lipinski definition) is 1. The molecule has 0 spiro atoms. The van der Waals surface area contributed by atoms with Gasteiger partial charge < -0.3 is 15.1 Å². The summed E-state index contributed by atoms with van der Waals surface area (Å²) in [5.74, 6) is 0. The van der Waals surface area contributed by atoms with Crippen LogP contribution in [0.25, 0.3) is 0 Å². The van der Waals surface area contributed by atoms with Gasteiger partial charge in [-0.2, -0.15) is 0 Å². The van der Waals surface area contributed by atoms with Crippen LogP contribution in [-0.4, -0.2) is 49.2 Å². The number of nitrogens with one attached hydrogen (secondary N) is 1. The van der Waals surface area contributed by atoms with Crippen molar-refractivity contribution in [2.75, 3.05) is 32.1 Å². The van der Waals surface area contributed by atoms with Crippen LogP contribution in [0.15, 0.2) is 5.38 Å². The molecule has 0 amide bonds. The highest BCUT2D eigenvalue weighted by atomic mass is 32.1. The number of hydrogen-bond acceptors (Lipinski definition) is 5. The van der Waals surface area contributed by atoms with E-state index in [0.29, 0.717) is 12.1 Å². The van der Waals surface area contributed by atoms with E-state index in [9.17, 15) is 0 Å². The van der Waals surface area contributed by atoms with Crippen LogP contribution in [-0.2, 0) is 6.54 Å².